The summed E-state index contributed by atoms with van der Waals surface area (Å²) in [5, 5.41) is 13.9. The molecule has 0 unspecified atom stereocenters. The van der Waals surface area contributed by atoms with Crippen molar-refractivity contribution in [2.24, 2.45) is 0 Å². The normalized spacial score (nSPS) is 11.8. The molecular formula is C112H69N5O3. The van der Waals surface area contributed by atoms with Crippen molar-refractivity contribution in [2.75, 3.05) is 0 Å². The summed E-state index contributed by atoms with van der Waals surface area (Å²) in [5.74, 6) is 0. The number of hydrogen-bond acceptors (Lipinski definition) is 5. The number of furan rings is 3. The quantitative estimate of drug-likeness (QED) is 0.129. The average Bonchev–Trinajstić information content (AvgIpc) is 1.58. The minimum Gasteiger partial charge on any atom is -0.456 e. The van der Waals surface area contributed by atoms with Crippen LogP contribution in [0.4, 0.5) is 0 Å². The van der Waals surface area contributed by atoms with Crippen molar-refractivity contribution in [1.82, 2.24) is 23.7 Å². The van der Waals surface area contributed by atoms with Gasteiger partial charge in [-0.2, -0.15) is 0 Å². The molecule has 0 saturated carbocycles. The van der Waals surface area contributed by atoms with E-state index in [1.807, 2.05) is 61.2 Å². The van der Waals surface area contributed by atoms with Gasteiger partial charge in [0.25, 0.3) is 0 Å². The van der Waals surface area contributed by atoms with Crippen molar-refractivity contribution in [3.05, 3.63) is 419 Å². The molecule has 0 saturated heterocycles. The van der Waals surface area contributed by atoms with Crippen LogP contribution in [0.3, 0.4) is 0 Å². The maximum absolute atomic E-state index is 6.24. The number of pyridine rings is 2. The number of para-hydroxylation sites is 7. The molecule has 0 fully saturated rings. The lowest BCUT2D eigenvalue weighted by atomic mass is 9.91. The van der Waals surface area contributed by atoms with Crippen LogP contribution in [0.1, 0.15) is 0 Å². The molecule has 0 aliphatic rings. The Balaban J connectivity index is 0.000000137. The summed E-state index contributed by atoms with van der Waals surface area (Å²) in [5.41, 5.74) is 34.1. The lowest BCUT2D eigenvalue weighted by Crippen LogP contribution is -1.95. The van der Waals surface area contributed by atoms with Gasteiger partial charge in [0.2, 0.25) is 0 Å². The fourth-order valence-electron chi connectivity index (χ4n) is 18.6. The van der Waals surface area contributed by atoms with Crippen LogP contribution in [0.25, 0.3) is 237 Å². The first-order valence-corrected chi connectivity index (χ1v) is 40.7. The first kappa shape index (κ1) is 68.3. The summed E-state index contributed by atoms with van der Waals surface area (Å²) in [6.07, 6.45) is 7.59. The van der Waals surface area contributed by atoms with Gasteiger partial charge in [-0.15, -0.1) is 0 Å². The molecule has 0 N–H and O–H groups in total. The molecule has 0 aliphatic carbocycles. The third kappa shape index (κ3) is 11.5. The predicted molar refractivity (Wildman–Crippen MR) is 497 cm³/mol. The van der Waals surface area contributed by atoms with Crippen LogP contribution in [0.2, 0.25) is 0 Å². The predicted octanol–water partition coefficient (Wildman–Crippen LogP) is 30.5. The highest BCUT2D eigenvalue weighted by molar-refractivity contribution is 6.13. The SMILES string of the molecule is c1cc(-c2cc(-c3cccc(-c4ccc5oc6ccccc6c5c4)c3)cc(-c3cccc(-n4c5ccccc5c5ccccc54)c3)c2)cc(-c2ccc3oc4ccccc4c3c2)c1.c1cc(-c2cc(-c3cccc(-n4c5ccncc5c5cnccc54)c3)cc(-c3ccc4oc5ccccc5c4c3)c2)cc(-n2c3ccccc3c3ccccc32)c1. The third-order valence-electron chi connectivity index (χ3n) is 24.2. The van der Waals surface area contributed by atoms with Gasteiger partial charge in [-0.05, 0) is 265 Å². The summed E-state index contributed by atoms with van der Waals surface area (Å²) < 4.78 is 25.7. The van der Waals surface area contributed by atoms with Gasteiger partial charge >= 0.3 is 0 Å². The largest absolute Gasteiger partial charge is 0.456 e. The summed E-state index contributed by atoms with van der Waals surface area (Å²) >= 11 is 0. The number of hydrogen-bond donors (Lipinski definition) is 0. The van der Waals surface area contributed by atoms with Gasteiger partial charge in [-0.25, -0.2) is 0 Å². The van der Waals surface area contributed by atoms with Gasteiger partial charge in [-0.1, -0.05) is 218 Å². The van der Waals surface area contributed by atoms with E-state index in [0.717, 1.165) is 194 Å². The molecule has 0 spiro atoms. The molecule has 25 rings (SSSR count). The maximum Gasteiger partial charge on any atom is 0.135 e. The molecule has 8 nitrogen and oxygen atoms in total. The fraction of sp³-hybridized carbons (Fsp3) is 0. The van der Waals surface area contributed by atoms with Gasteiger partial charge in [0.05, 0.1) is 33.1 Å². The number of fused-ring (bicyclic) bond motifs is 18. The second-order valence-electron chi connectivity index (χ2n) is 31.2. The Hall–Kier alpha value is -16.2. The molecule has 0 bridgehead atoms. The topological polar surface area (TPSA) is 80.0 Å². The Kier molecular flexibility index (Phi) is 15.8. The van der Waals surface area contributed by atoms with Crippen molar-refractivity contribution in [2.45, 2.75) is 0 Å². The number of nitrogens with zero attached hydrogens (tertiary/aromatic N) is 5. The second kappa shape index (κ2) is 27.8. The first-order valence-electron chi connectivity index (χ1n) is 40.7. The summed E-state index contributed by atoms with van der Waals surface area (Å²) in [6.45, 7) is 0. The number of benzene rings is 17. The zero-order valence-electron chi connectivity index (χ0n) is 64.8. The van der Waals surface area contributed by atoms with Gasteiger partial charge < -0.3 is 27.0 Å². The van der Waals surface area contributed by atoms with Crippen molar-refractivity contribution < 1.29 is 13.3 Å². The second-order valence-corrected chi connectivity index (χ2v) is 31.2. The summed E-state index contributed by atoms with van der Waals surface area (Å²) in [4.78, 5) is 8.90. The Morgan fingerprint density at radius 1 is 0.150 bits per heavy atom. The van der Waals surface area contributed by atoms with Crippen LogP contribution >= 0.6 is 0 Å². The first-order chi connectivity index (χ1) is 59.4. The monoisotopic (exact) mass is 1530 g/mol. The van der Waals surface area contributed by atoms with Gasteiger partial charge in [0.1, 0.15) is 33.5 Å². The van der Waals surface area contributed by atoms with Crippen LogP contribution < -0.4 is 0 Å². The Bertz CT molecular complexity index is 7960. The molecule has 560 valence electrons. The fourth-order valence-corrected chi connectivity index (χ4v) is 18.6. The van der Waals surface area contributed by atoms with Crippen LogP contribution in [0.15, 0.2) is 432 Å². The zero-order valence-corrected chi connectivity index (χ0v) is 64.8. The van der Waals surface area contributed by atoms with Crippen LogP contribution in [-0.2, 0) is 0 Å². The lowest BCUT2D eigenvalue weighted by molar-refractivity contribution is 0.668. The molecule has 120 heavy (non-hydrogen) atoms. The van der Waals surface area contributed by atoms with Crippen molar-refractivity contribution >= 4 is 131 Å². The van der Waals surface area contributed by atoms with E-state index in [2.05, 4.69) is 382 Å². The minimum absolute atomic E-state index is 0.888. The highest BCUT2D eigenvalue weighted by Gasteiger charge is 2.21. The Morgan fingerprint density at radius 2 is 0.375 bits per heavy atom. The van der Waals surface area contributed by atoms with Gasteiger partial charge in [-0.3, -0.25) is 9.97 Å². The molecule has 8 aromatic heterocycles. The van der Waals surface area contributed by atoms with Crippen molar-refractivity contribution in [3.8, 4) is 106 Å². The summed E-state index contributed by atoms with van der Waals surface area (Å²) in [6, 6.07) is 142. The van der Waals surface area contributed by atoms with E-state index in [4.69, 9.17) is 13.3 Å². The standard InChI is InChI=1S/C60H37NO2.C52H32N4O/c1-5-22-55-49(18-1)50-19-2-6-23-56(50)61(55)48-17-11-16-42(35-48)47-33-45(40-14-9-12-38(30-40)43-26-28-59-53(36-43)51-20-3-7-24-57(51)62-59)32-46(34-47)41-15-10-13-39(31-41)44-27-29-60-54(37-44)52-21-4-8-25-58(52)63-60;1-4-16-47-41(13-1)42-14-2-5-17-48(42)55(47)39-11-7-9-33(28-39)36-25-37(27-38(26-36)35-19-20-52-44(30-35)43-15-3-6-18-51(43)57-52)34-10-8-12-40(29-34)56-49-21-23-53-31-45(49)46-32-54-24-22-50(46)56/h1-37H;1-32H. The molecule has 0 aliphatic heterocycles. The van der Waals surface area contributed by atoms with E-state index >= 15 is 0 Å². The molecule has 0 amide bonds. The number of aromatic nitrogens is 5. The van der Waals surface area contributed by atoms with E-state index < -0.39 is 0 Å². The van der Waals surface area contributed by atoms with Crippen LogP contribution in [0, 0.1) is 0 Å². The van der Waals surface area contributed by atoms with Crippen LogP contribution in [0.5, 0.6) is 0 Å². The van der Waals surface area contributed by atoms with E-state index in [1.54, 1.807) is 0 Å². The van der Waals surface area contributed by atoms with Crippen LogP contribution in [-0.4, -0.2) is 23.7 Å². The van der Waals surface area contributed by atoms with E-state index in [1.165, 1.54) is 43.6 Å². The van der Waals surface area contributed by atoms with Crippen molar-refractivity contribution in [3.63, 3.8) is 0 Å². The molecule has 0 radical (unpaired) electrons. The molecule has 0 atom stereocenters. The highest BCUT2D eigenvalue weighted by atomic mass is 16.3. The summed E-state index contributed by atoms with van der Waals surface area (Å²) in [7, 11) is 0. The Morgan fingerprint density at radius 3 is 0.692 bits per heavy atom. The van der Waals surface area contributed by atoms with Gasteiger partial charge in [0, 0.05) is 106 Å². The zero-order chi connectivity index (χ0) is 78.9. The Labute approximate surface area is 688 Å². The third-order valence-corrected chi connectivity index (χ3v) is 24.2. The maximum atomic E-state index is 6.24. The highest BCUT2D eigenvalue weighted by Crippen LogP contribution is 2.45. The molecule has 17 aromatic carbocycles. The van der Waals surface area contributed by atoms with Gasteiger partial charge in [0.15, 0.2) is 0 Å². The molecule has 25 aromatic rings. The number of rotatable bonds is 11. The lowest BCUT2D eigenvalue weighted by Gasteiger charge is -2.15. The average molecular weight is 1530 g/mol. The smallest absolute Gasteiger partial charge is 0.135 e. The molecular weight excluding hydrogens is 1460 g/mol. The van der Waals surface area contributed by atoms with E-state index in [0.29, 0.717) is 0 Å². The van der Waals surface area contributed by atoms with Crippen molar-refractivity contribution in [1.29, 1.82) is 0 Å². The minimum atomic E-state index is 0.888. The van der Waals surface area contributed by atoms with E-state index in [9.17, 15) is 0 Å². The molecule has 8 heteroatoms. The van der Waals surface area contributed by atoms with E-state index in [-0.39, 0.29) is 0 Å². The molecule has 8 heterocycles.